The summed E-state index contributed by atoms with van der Waals surface area (Å²) in [7, 11) is 1.60. The van der Waals surface area contributed by atoms with Crippen molar-refractivity contribution >= 4 is 0 Å². The molecule has 1 N–H and O–H groups in total. The van der Waals surface area contributed by atoms with Crippen molar-refractivity contribution in [2.45, 2.75) is 38.6 Å². The van der Waals surface area contributed by atoms with Gasteiger partial charge in [-0.1, -0.05) is 18.2 Å². The Hall–Kier alpha value is -2.04. The molecule has 0 aliphatic carbocycles. The highest BCUT2D eigenvalue weighted by atomic mass is 16.5. The molecule has 0 fully saturated rings. The molecule has 0 aromatic heterocycles. The van der Waals surface area contributed by atoms with Crippen LogP contribution in [0.2, 0.25) is 0 Å². The molecule has 0 bridgehead atoms. The van der Waals surface area contributed by atoms with Gasteiger partial charge < -0.3 is 14.6 Å². The van der Waals surface area contributed by atoms with Crippen molar-refractivity contribution in [3.63, 3.8) is 0 Å². The van der Waals surface area contributed by atoms with Crippen LogP contribution in [0, 0.1) is 0 Å². The summed E-state index contributed by atoms with van der Waals surface area (Å²) in [6.07, 6.45) is 2.01. The average Bonchev–Trinajstić information content (AvgIpc) is 3.06. The van der Waals surface area contributed by atoms with Crippen LogP contribution < -0.4 is 4.74 Å². The zero-order chi connectivity index (χ0) is 16.3. The number of hydrogen-bond donors (Lipinski definition) is 1. The fourth-order valence-corrected chi connectivity index (χ4v) is 4.47. The van der Waals surface area contributed by atoms with Gasteiger partial charge in [-0.25, -0.2) is 0 Å². The van der Waals surface area contributed by atoms with Crippen LogP contribution in [-0.4, -0.2) is 23.7 Å². The zero-order valence-corrected chi connectivity index (χ0v) is 13.8. The van der Waals surface area contributed by atoms with Crippen molar-refractivity contribution in [1.82, 2.24) is 4.90 Å². The smallest absolute Gasteiger partial charge is 0.162 e. The molecule has 1 unspecified atom stereocenters. The lowest BCUT2D eigenvalue weighted by Crippen LogP contribution is -2.39. The molecule has 3 aliphatic rings. The predicted molar refractivity (Wildman–Crippen MR) is 90.2 cm³/mol. The molecule has 2 aromatic carbocycles. The molecule has 1 atom stereocenters. The van der Waals surface area contributed by atoms with Gasteiger partial charge >= 0.3 is 0 Å². The predicted octanol–water partition coefficient (Wildman–Crippen LogP) is 3.09. The van der Waals surface area contributed by atoms with Gasteiger partial charge in [0.05, 0.1) is 20.3 Å². The van der Waals surface area contributed by atoms with Crippen molar-refractivity contribution in [3.05, 3.63) is 57.6 Å². The van der Waals surface area contributed by atoms with Crippen molar-refractivity contribution in [1.29, 1.82) is 0 Å². The molecule has 24 heavy (non-hydrogen) atoms. The minimum absolute atomic E-state index is 0.307. The summed E-state index contributed by atoms with van der Waals surface area (Å²) in [5, 5.41) is 10.5. The Balaban J connectivity index is 1.57. The maximum Gasteiger partial charge on any atom is 0.162 e. The number of benzene rings is 2. The number of nitrogens with zero attached hydrogens (tertiary/aromatic N) is 1. The standard InChI is InChI=1S/C20H21NO3/c1-23-19-3-2-12-8-18-16-7-15-11-24-10-14(15)6-13(16)4-5-21(18)9-17(12)20(19)22/h2-3,6-7,18,22H,4-5,8-11H2,1H3. The van der Waals surface area contributed by atoms with E-state index in [1.165, 1.54) is 27.8 Å². The van der Waals surface area contributed by atoms with E-state index in [0.717, 1.165) is 44.7 Å². The van der Waals surface area contributed by atoms with E-state index in [1.54, 1.807) is 7.11 Å². The molecule has 124 valence electrons. The van der Waals surface area contributed by atoms with Gasteiger partial charge in [-0.3, -0.25) is 4.90 Å². The summed E-state index contributed by atoms with van der Waals surface area (Å²) >= 11 is 0. The van der Waals surface area contributed by atoms with Crippen molar-refractivity contribution in [2.75, 3.05) is 13.7 Å². The van der Waals surface area contributed by atoms with Gasteiger partial charge in [-0.15, -0.1) is 0 Å². The lowest BCUT2D eigenvalue weighted by Gasteiger charge is -2.42. The highest BCUT2D eigenvalue weighted by Gasteiger charge is 2.34. The van der Waals surface area contributed by atoms with Crippen molar-refractivity contribution in [2.24, 2.45) is 0 Å². The van der Waals surface area contributed by atoms with Crippen LogP contribution in [0.1, 0.15) is 39.4 Å². The number of fused-ring (bicyclic) bond motifs is 5. The molecule has 0 saturated heterocycles. The third kappa shape index (κ3) is 2.00. The van der Waals surface area contributed by atoms with E-state index < -0.39 is 0 Å². The molecular formula is C20H21NO3. The summed E-state index contributed by atoms with van der Waals surface area (Å²) in [5.74, 6) is 0.876. The maximum absolute atomic E-state index is 10.5. The summed E-state index contributed by atoms with van der Waals surface area (Å²) in [4.78, 5) is 2.49. The number of methoxy groups -OCH3 is 1. The Morgan fingerprint density at radius 3 is 2.79 bits per heavy atom. The fraction of sp³-hybridized carbons (Fsp3) is 0.400. The summed E-state index contributed by atoms with van der Waals surface area (Å²) < 4.78 is 10.9. The second-order valence-corrected chi connectivity index (χ2v) is 7.01. The van der Waals surface area contributed by atoms with E-state index in [9.17, 15) is 5.11 Å². The Kier molecular flexibility index (Phi) is 3.12. The summed E-state index contributed by atoms with van der Waals surface area (Å²) in [6.45, 7) is 3.32. The van der Waals surface area contributed by atoms with Crippen LogP contribution in [0.15, 0.2) is 24.3 Å². The van der Waals surface area contributed by atoms with Gasteiger partial charge in [-0.2, -0.15) is 0 Å². The number of phenols is 1. The van der Waals surface area contributed by atoms with Gasteiger partial charge in [0.2, 0.25) is 0 Å². The molecule has 3 aliphatic heterocycles. The van der Waals surface area contributed by atoms with Crippen LogP contribution in [0.4, 0.5) is 0 Å². The van der Waals surface area contributed by atoms with Crippen LogP contribution in [-0.2, 0) is 37.3 Å². The van der Waals surface area contributed by atoms with Gasteiger partial charge in [0, 0.05) is 24.7 Å². The number of hydrogen-bond acceptors (Lipinski definition) is 4. The van der Waals surface area contributed by atoms with E-state index in [4.69, 9.17) is 9.47 Å². The number of rotatable bonds is 1. The molecule has 0 amide bonds. The molecule has 0 radical (unpaired) electrons. The monoisotopic (exact) mass is 323 g/mol. The second kappa shape index (κ2) is 5.23. The average molecular weight is 323 g/mol. The summed E-state index contributed by atoms with van der Waals surface area (Å²) in [5.41, 5.74) is 7.89. The third-order valence-electron chi connectivity index (χ3n) is 5.78. The second-order valence-electron chi connectivity index (χ2n) is 7.01. The first kappa shape index (κ1) is 14.3. The van der Waals surface area contributed by atoms with Crippen molar-refractivity contribution < 1.29 is 14.6 Å². The number of ether oxygens (including phenoxy) is 2. The van der Waals surface area contributed by atoms with E-state index >= 15 is 0 Å². The van der Waals surface area contributed by atoms with E-state index in [2.05, 4.69) is 23.1 Å². The molecule has 5 rings (SSSR count). The van der Waals surface area contributed by atoms with Gasteiger partial charge in [-0.05, 0) is 46.7 Å². The molecule has 0 saturated carbocycles. The van der Waals surface area contributed by atoms with Gasteiger partial charge in [0.1, 0.15) is 0 Å². The minimum Gasteiger partial charge on any atom is -0.504 e. The highest BCUT2D eigenvalue weighted by Crippen LogP contribution is 2.44. The summed E-state index contributed by atoms with van der Waals surface area (Å²) in [6, 6.07) is 9.11. The number of aromatic hydroxyl groups is 1. The molecule has 0 spiro atoms. The maximum atomic E-state index is 10.5. The Morgan fingerprint density at radius 2 is 1.96 bits per heavy atom. The fourth-order valence-electron chi connectivity index (χ4n) is 4.47. The topological polar surface area (TPSA) is 41.9 Å². The zero-order valence-electron chi connectivity index (χ0n) is 13.8. The third-order valence-corrected chi connectivity index (χ3v) is 5.78. The first-order chi connectivity index (χ1) is 11.7. The van der Waals surface area contributed by atoms with Gasteiger partial charge in [0.25, 0.3) is 0 Å². The molecule has 3 heterocycles. The van der Waals surface area contributed by atoms with Crippen LogP contribution in [0.5, 0.6) is 11.5 Å². The highest BCUT2D eigenvalue weighted by molar-refractivity contribution is 5.52. The lowest BCUT2D eigenvalue weighted by molar-refractivity contribution is 0.134. The first-order valence-electron chi connectivity index (χ1n) is 8.58. The van der Waals surface area contributed by atoms with E-state index in [-0.39, 0.29) is 0 Å². The molecule has 4 nitrogen and oxygen atoms in total. The quantitative estimate of drug-likeness (QED) is 0.876. The van der Waals surface area contributed by atoms with Crippen LogP contribution in [0.3, 0.4) is 0 Å². The molecule has 4 heteroatoms. The largest absolute Gasteiger partial charge is 0.504 e. The van der Waals surface area contributed by atoms with E-state index in [0.29, 0.717) is 17.5 Å². The van der Waals surface area contributed by atoms with Crippen LogP contribution in [0.25, 0.3) is 0 Å². The Morgan fingerprint density at radius 1 is 1.12 bits per heavy atom. The van der Waals surface area contributed by atoms with Crippen molar-refractivity contribution in [3.8, 4) is 11.5 Å². The molecular weight excluding hydrogens is 302 g/mol. The number of phenolic OH excluding ortho intramolecular Hbond substituents is 1. The van der Waals surface area contributed by atoms with Crippen LogP contribution >= 0.6 is 0 Å². The lowest BCUT2D eigenvalue weighted by atomic mass is 9.82. The first-order valence-corrected chi connectivity index (χ1v) is 8.58. The molecule has 2 aromatic rings. The Bertz CT molecular complexity index is 830. The van der Waals surface area contributed by atoms with E-state index in [1.807, 2.05) is 6.07 Å². The normalized spacial score (nSPS) is 21.6. The minimum atomic E-state index is 0.307. The Labute approximate surface area is 141 Å². The SMILES string of the molecule is COc1ccc2c(c1O)CN1CCc3cc4c(cc3C1C2)COC4. The van der Waals surface area contributed by atoms with Gasteiger partial charge in [0.15, 0.2) is 11.5 Å².